The number of aromatic nitrogens is 2. The SMILES string of the molecule is Cc1cc(C(=O)NCCC(C)C)nc(Nc2cccc(C#N)c2)n1. The Morgan fingerprint density at radius 3 is 2.79 bits per heavy atom. The second-order valence-corrected chi connectivity index (χ2v) is 5.97. The number of aryl methyl sites for hydroxylation is 1. The third-order valence-electron chi connectivity index (χ3n) is 3.34. The molecule has 0 aliphatic heterocycles. The summed E-state index contributed by atoms with van der Waals surface area (Å²) >= 11 is 0. The van der Waals surface area contributed by atoms with Crippen molar-refractivity contribution in [3.8, 4) is 6.07 Å². The molecule has 0 atom stereocenters. The zero-order chi connectivity index (χ0) is 17.5. The van der Waals surface area contributed by atoms with Crippen LogP contribution < -0.4 is 10.6 Å². The number of nitriles is 1. The maximum atomic E-state index is 12.2. The van der Waals surface area contributed by atoms with Gasteiger partial charge in [0.15, 0.2) is 0 Å². The molecule has 6 heteroatoms. The molecule has 6 nitrogen and oxygen atoms in total. The van der Waals surface area contributed by atoms with Crippen LogP contribution in [0, 0.1) is 24.2 Å². The van der Waals surface area contributed by atoms with Crippen molar-refractivity contribution in [1.82, 2.24) is 15.3 Å². The van der Waals surface area contributed by atoms with Crippen LogP contribution in [0.5, 0.6) is 0 Å². The molecule has 0 unspecified atom stereocenters. The summed E-state index contributed by atoms with van der Waals surface area (Å²) in [5.74, 6) is 0.649. The van der Waals surface area contributed by atoms with Crippen LogP contribution in [0.25, 0.3) is 0 Å². The Hall–Kier alpha value is -2.94. The van der Waals surface area contributed by atoms with Gasteiger partial charge >= 0.3 is 0 Å². The van der Waals surface area contributed by atoms with Crippen LogP contribution in [0.2, 0.25) is 0 Å². The molecule has 0 saturated carbocycles. The highest BCUT2D eigenvalue weighted by Crippen LogP contribution is 2.15. The second kappa shape index (κ2) is 8.06. The molecule has 0 spiro atoms. The van der Waals surface area contributed by atoms with Gasteiger partial charge in [-0.05, 0) is 43.5 Å². The van der Waals surface area contributed by atoms with E-state index in [1.54, 1.807) is 24.3 Å². The summed E-state index contributed by atoms with van der Waals surface area (Å²) in [6.07, 6.45) is 0.919. The first-order valence-corrected chi connectivity index (χ1v) is 7.89. The molecule has 2 N–H and O–H groups in total. The van der Waals surface area contributed by atoms with Crippen molar-refractivity contribution >= 4 is 17.5 Å². The van der Waals surface area contributed by atoms with Crippen LogP contribution in [0.3, 0.4) is 0 Å². The number of benzene rings is 1. The van der Waals surface area contributed by atoms with Crippen LogP contribution in [-0.2, 0) is 0 Å². The Morgan fingerprint density at radius 2 is 2.08 bits per heavy atom. The average molecular weight is 323 g/mol. The maximum absolute atomic E-state index is 12.2. The number of nitrogens with zero attached hydrogens (tertiary/aromatic N) is 3. The molecule has 0 saturated heterocycles. The fraction of sp³-hybridized carbons (Fsp3) is 0.333. The number of carbonyl (C=O) groups is 1. The standard InChI is InChI=1S/C18H21N5O/c1-12(2)7-8-20-17(24)16-9-13(3)21-18(23-16)22-15-6-4-5-14(10-15)11-19/h4-6,9-10,12H,7-8H2,1-3H3,(H,20,24)(H,21,22,23). The molecule has 24 heavy (non-hydrogen) atoms. The summed E-state index contributed by atoms with van der Waals surface area (Å²) in [7, 11) is 0. The van der Waals surface area contributed by atoms with E-state index in [-0.39, 0.29) is 5.91 Å². The summed E-state index contributed by atoms with van der Waals surface area (Å²) in [6, 6.07) is 10.7. The van der Waals surface area contributed by atoms with E-state index < -0.39 is 0 Å². The molecule has 2 rings (SSSR count). The Morgan fingerprint density at radius 1 is 1.29 bits per heavy atom. The van der Waals surface area contributed by atoms with E-state index in [1.807, 2.05) is 13.0 Å². The molecule has 0 radical (unpaired) electrons. The first-order chi connectivity index (χ1) is 11.5. The highest BCUT2D eigenvalue weighted by Gasteiger charge is 2.11. The lowest BCUT2D eigenvalue weighted by atomic mass is 10.1. The van der Waals surface area contributed by atoms with E-state index >= 15 is 0 Å². The molecule has 1 heterocycles. The number of hydrogen-bond donors (Lipinski definition) is 2. The highest BCUT2D eigenvalue weighted by atomic mass is 16.1. The van der Waals surface area contributed by atoms with E-state index in [0.29, 0.717) is 41.0 Å². The van der Waals surface area contributed by atoms with E-state index in [9.17, 15) is 4.79 Å². The van der Waals surface area contributed by atoms with Crippen LogP contribution in [0.1, 0.15) is 42.0 Å². The molecule has 1 aromatic heterocycles. The molecule has 1 aromatic carbocycles. The van der Waals surface area contributed by atoms with E-state index in [0.717, 1.165) is 6.42 Å². The molecular formula is C18H21N5O. The summed E-state index contributed by atoms with van der Waals surface area (Å²) in [4.78, 5) is 20.8. The van der Waals surface area contributed by atoms with Crippen molar-refractivity contribution in [1.29, 1.82) is 5.26 Å². The third kappa shape index (κ3) is 5.06. The van der Waals surface area contributed by atoms with Gasteiger partial charge in [0, 0.05) is 17.9 Å². The minimum atomic E-state index is -0.213. The van der Waals surface area contributed by atoms with Gasteiger partial charge in [-0.3, -0.25) is 4.79 Å². The fourth-order valence-corrected chi connectivity index (χ4v) is 2.10. The zero-order valence-corrected chi connectivity index (χ0v) is 14.1. The van der Waals surface area contributed by atoms with Crippen LogP contribution in [0.15, 0.2) is 30.3 Å². The lowest BCUT2D eigenvalue weighted by Crippen LogP contribution is -2.26. The average Bonchev–Trinajstić information content (AvgIpc) is 2.54. The lowest BCUT2D eigenvalue weighted by Gasteiger charge is -2.10. The van der Waals surface area contributed by atoms with Crippen LogP contribution >= 0.6 is 0 Å². The lowest BCUT2D eigenvalue weighted by molar-refractivity contribution is 0.0947. The van der Waals surface area contributed by atoms with Gasteiger partial charge in [0.2, 0.25) is 5.95 Å². The largest absolute Gasteiger partial charge is 0.351 e. The van der Waals surface area contributed by atoms with Crippen LogP contribution in [0.4, 0.5) is 11.6 Å². The molecule has 0 aliphatic carbocycles. The van der Waals surface area contributed by atoms with Crippen molar-refractivity contribution in [2.45, 2.75) is 27.2 Å². The topological polar surface area (TPSA) is 90.7 Å². The van der Waals surface area contributed by atoms with Gasteiger partial charge in [-0.25, -0.2) is 9.97 Å². The van der Waals surface area contributed by atoms with Crippen molar-refractivity contribution in [3.05, 3.63) is 47.3 Å². The Kier molecular flexibility index (Phi) is 5.85. The molecule has 0 fully saturated rings. The maximum Gasteiger partial charge on any atom is 0.270 e. The van der Waals surface area contributed by atoms with Crippen molar-refractivity contribution in [2.75, 3.05) is 11.9 Å². The van der Waals surface area contributed by atoms with Gasteiger partial charge in [0.25, 0.3) is 5.91 Å². The quantitative estimate of drug-likeness (QED) is 0.852. The molecular weight excluding hydrogens is 302 g/mol. The predicted octanol–water partition coefficient (Wildman–Crippen LogP) is 3.18. The number of rotatable bonds is 6. The van der Waals surface area contributed by atoms with E-state index in [1.165, 1.54) is 0 Å². The molecule has 124 valence electrons. The second-order valence-electron chi connectivity index (χ2n) is 5.97. The highest BCUT2D eigenvalue weighted by molar-refractivity contribution is 5.92. The first kappa shape index (κ1) is 17.4. The summed E-state index contributed by atoms with van der Waals surface area (Å²) < 4.78 is 0. The molecule has 2 aromatic rings. The Labute approximate surface area is 142 Å². The van der Waals surface area contributed by atoms with Crippen LogP contribution in [-0.4, -0.2) is 22.4 Å². The molecule has 0 aliphatic rings. The number of hydrogen-bond acceptors (Lipinski definition) is 5. The van der Waals surface area contributed by atoms with Gasteiger partial charge in [0.05, 0.1) is 11.6 Å². The first-order valence-electron chi connectivity index (χ1n) is 7.89. The van der Waals surface area contributed by atoms with Gasteiger partial charge < -0.3 is 10.6 Å². The molecule has 1 amide bonds. The summed E-state index contributed by atoms with van der Waals surface area (Å²) in [5.41, 5.74) is 2.26. The fourth-order valence-electron chi connectivity index (χ4n) is 2.10. The summed E-state index contributed by atoms with van der Waals surface area (Å²) in [5, 5.41) is 14.9. The van der Waals surface area contributed by atoms with Crippen molar-refractivity contribution in [3.63, 3.8) is 0 Å². The predicted molar refractivity (Wildman–Crippen MR) is 93.0 cm³/mol. The number of carbonyl (C=O) groups excluding carboxylic acids is 1. The van der Waals surface area contributed by atoms with E-state index in [4.69, 9.17) is 5.26 Å². The van der Waals surface area contributed by atoms with Gasteiger partial charge in [-0.2, -0.15) is 5.26 Å². The van der Waals surface area contributed by atoms with Gasteiger partial charge in [0.1, 0.15) is 5.69 Å². The van der Waals surface area contributed by atoms with Gasteiger partial charge in [-0.1, -0.05) is 19.9 Å². The van der Waals surface area contributed by atoms with Gasteiger partial charge in [-0.15, -0.1) is 0 Å². The van der Waals surface area contributed by atoms with Crippen molar-refractivity contribution in [2.24, 2.45) is 5.92 Å². The minimum Gasteiger partial charge on any atom is -0.351 e. The third-order valence-corrected chi connectivity index (χ3v) is 3.34. The van der Waals surface area contributed by atoms with Crippen molar-refractivity contribution < 1.29 is 4.79 Å². The Balaban J connectivity index is 2.13. The van der Waals surface area contributed by atoms with E-state index in [2.05, 4.69) is 40.5 Å². The smallest absolute Gasteiger partial charge is 0.270 e. The number of amides is 1. The normalized spacial score (nSPS) is 10.3. The zero-order valence-electron chi connectivity index (χ0n) is 14.1. The number of nitrogens with one attached hydrogen (secondary N) is 2. The summed E-state index contributed by atoms with van der Waals surface area (Å²) in [6.45, 7) is 6.65. The number of anilines is 2. The monoisotopic (exact) mass is 323 g/mol. The molecule has 0 bridgehead atoms. The minimum absolute atomic E-state index is 0.213. The Bertz CT molecular complexity index is 764.